The van der Waals surface area contributed by atoms with Crippen molar-refractivity contribution in [3.8, 4) is 10.8 Å². The molecule has 0 amide bonds. The van der Waals surface area contributed by atoms with E-state index in [4.69, 9.17) is 9.15 Å². The number of rotatable bonds is 7. The van der Waals surface area contributed by atoms with Crippen LogP contribution in [0.15, 0.2) is 57.4 Å². The van der Waals surface area contributed by atoms with Gasteiger partial charge in [0.15, 0.2) is 10.8 Å². The van der Waals surface area contributed by atoms with Crippen LogP contribution in [0.2, 0.25) is 0 Å². The molecule has 0 aliphatic heterocycles. The maximum Gasteiger partial charge on any atom is 0.338 e. The molecule has 0 aliphatic rings. The van der Waals surface area contributed by atoms with E-state index in [2.05, 4.69) is 9.71 Å². The molecular weight excluding hydrogens is 388 g/mol. The smallest absolute Gasteiger partial charge is 0.338 e. The molecule has 0 unspecified atom stereocenters. The zero-order valence-electron chi connectivity index (χ0n) is 14.7. The molecule has 0 saturated carbocycles. The molecule has 9 heteroatoms. The third-order valence-corrected chi connectivity index (χ3v) is 5.97. The molecule has 1 N–H and O–H groups in total. The average molecular weight is 406 g/mol. The van der Waals surface area contributed by atoms with Crippen molar-refractivity contribution in [2.24, 2.45) is 0 Å². The summed E-state index contributed by atoms with van der Waals surface area (Å²) in [6.07, 6.45) is 1.56. The van der Waals surface area contributed by atoms with Crippen LogP contribution in [0.5, 0.6) is 0 Å². The average Bonchev–Trinajstić information content (AvgIpc) is 3.30. The van der Waals surface area contributed by atoms with Gasteiger partial charge in [0, 0.05) is 11.4 Å². The minimum absolute atomic E-state index is 0.0133. The van der Waals surface area contributed by atoms with Crippen LogP contribution in [0, 0.1) is 0 Å². The fraction of sp³-hybridized carbons (Fsp3) is 0.222. The van der Waals surface area contributed by atoms with E-state index in [9.17, 15) is 13.2 Å². The quantitative estimate of drug-likeness (QED) is 0.604. The lowest BCUT2D eigenvalue weighted by Crippen LogP contribution is -2.30. The van der Waals surface area contributed by atoms with Crippen LogP contribution in [0.1, 0.15) is 29.9 Å². The number of nitrogens with zero attached hydrogens (tertiary/aromatic N) is 1. The second-order valence-electron chi connectivity index (χ2n) is 6.00. The van der Waals surface area contributed by atoms with E-state index >= 15 is 0 Å². The van der Waals surface area contributed by atoms with Crippen molar-refractivity contribution in [2.75, 3.05) is 0 Å². The highest BCUT2D eigenvalue weighted by Gasteiger charge is 2.18. The predicted molar refractivity (Wildman–Crippen MR) is 101 cm³/mol. The van der Waals surface area contributed by atoms with Crippen LogP contribution in [0.25, 0.3) is 10.8 Å². The summed E-state index contributed by atoms with van der Waals surface area (Å²) in [6.45, 7) is 3.43. The minimum atomic E-state index is -3.68. The summed E-state index contributed by atoms with van der Waals surface area (Å²) in [6, 6.07) is 9.05. The highest BCUT2D eigenvalue weighted by molar-refractivity contribution is 7.89. The van der Waals surface area contributed by atoms with Crippen LogP contribution in [-0.2, 0) is 21.4 Å². The van der Waals surface area contributed by atoms with Crippen molar-refractivity contribution >= 4 is 27.3 Å². The van der Waals surface area contributed by atoms with Gasteiger partial charge in [-0.2, -0.15) is 0 Å². The normalized spacial score (nSPS) is 11.7. The van der Waals surface area contributed by atoms with Crippen LogP contribution in [0.4, 0.5) is 0 Å². The minimum Gasteiger partial charge on any atom is -0.462 e. The van der Waals surface area contributed by atoms with Gasteiger partial charge in [0.05, 0.1) is 22.4 Å². The first-order valence-electron chi connectivity index (χ1n) is 8.13. The van der Waals surface area contributed by atoms with Crippen molar-refractivity contribution in [3.63, 3.8) is 0 Å². The van der Waals surface area contributed by atoms with E-state index in [1.54, 1.807) is 37.6 Å². The Bertz CT molecular complexity index is 1020. The fourth-order valence-electron chi connectivity index (χ4n) is 2.28. The highest BCUT2D eigenvalue weighted by atomic mass is 32.2. The number of thiazole rings is 1. The molecular formula is C18H18N2O5S2. The molecule has 3 rings (SSSR count). The van der Waals surface area contributed by atoms with Crippen molar-refractivity contribution in [1.82, 2.24) is 9.71 Å². The van der Waals surface area contributed by atoms with Gasteiger partial charge >= 0.3 is 5.97 Å². The van der Waals surface area contributed by atoms with Crippen LogP contribution >= 0.6 is 11.3 Å². The summed E-state index contributed by atoms with van der Waals surface area (Å²) in [5, 5.41) is 2.47. The number of carbonyl (C=O) groups is 1. The van der Waals surface area contributed by atoms with Crippen LogP contribution in [0.3, 0.4) is 0 Å². The lowest BCUT2D eigenvalue weighted by molar-refractivity contribution is 0.0468. The molecule has 0 bridgehead atoms. The SMILES string of the molecule is CC(C)NS(=O)(=O)c1cccc(C(=O)OCc2csc(-c3ccco3)n2)c1. The van der Waals surface area contributed by atoms with Crippen molar-refractivity contribution in [1.29, 1.82) is 0 Å². The number of hydrogen-bond donors (Lipinski definition) is 1. The summed E-state index contributed by atoms with van der Waals surface area (Å²) in [4.78, 5) is 16.6. The molecule has 2 heterocycles. The number of furan rings is 1. The standard InChI is InChI=1S/C18H18N2O5S2/c1-12(2)20-27(22,23)15-6-3-5-13(9-15)18(21)25-10-14-11-26-17(19-14)16-7-4-8-24-16/h3-9,11-12,20H,10H2,1-2H3. The van der Waals surface area contributed by atoms with Gasteiger partial charge in [-0.15, -0.1) is 11.3 Å². The first-order valence-corrected chi connectivity index (χ1v) is 10.5. The Morgan fingerprint density at radius 3 is 2.81 bits per heavy atom. The largest absolute Gasteiger partial charge is 0.462 e. The molecule has 1 aromatic carbocycles. The number of carbonyl (C=O) groups excluding carboxylic acids is 1. The maximum absolute atomic E-state index is 12.3. The van der Waals surface area contributed by atoms with Gasteiger partial charge in [-0.3, -0.25) is 0 Å². The van der Waals surface area contributed by atoms with Crippen molar-refractivity contribution in [2.45, 2.75) is 31.4 Å². The lowest BCUT2D eigenvalue weighted by Gasteiger charge is -2.10. The van der Waals surface area contributed by atoms with Crippen LogP contribution in [-0.4, -0.2) is 25.4 Å². The number of ether oxygens (including phenoxy) is 1. The number of benzene rings is 1. The second-order valence-corrected chi connectivity index (χ2v) is 8.57. The Morgan fingerprint density at radius 2 is 2.11 bits per heavy atom. The Kier molecular flexibility index (Phi) is 5.73. The molecule has 2 aromatic heterocycles. The molecule has 3 aromatic rings. The predicted octanol–water partition coefficient (Wildman–Crippen LogP) is 3.45. The summed E-state index contributed by atoms with van der Waals surface area (Å²) in [7, 11) is -3.68. The Hall–Kier alpha value is -2.49. The summed E-state index contributed by atoms with van der Waals surface area (Å²) >= 11 is 1.38. The van der Waals surface area contributed by atoms with Crippen molar-refractivity contribution in [3.05, 3.63) is 59.3 Å². The number of hydrogen-bond acceptors (Lipinski definition) is 7. The van der Waals surface area contributed by atoms with Gasteiger partial charge in [0.25, 0.3) is 0 Å². The third kappa shape index (κ3) is 4.82. The second kappa shape index (κ2) is 8.03. The summed E-state index contributed by atoms with van der Waals surface area (Å²) < 4.78 is 37.5. The summed E-state index contributed by atoms with van der Waals surface area (Å²) in [5.41, 5.74) is 0.744. The Balaban J connectivity index is 1.67. The maximum atomic E-state index is 12.3. The molecule has 0 saturated heterocycles. The molecule has 0 atom stereocenters. The summed E-state index contributed by atoms with van der Waals surface area (Å²) in [5.74, 6) is 0.0253. The topological polar surface area (TPSA) is 98.5 Å². The molecule has 0 fully saturated rings. The first-order chi connectivity index (χ1) is 12.8. The fourth-order valence-corrected chi connectivity index (χ4v) is 4.35. The van der Waals surface area contributed by atoms with Gasteiger partial charge in [0.1, 0.15) is 6.61 Å². The van der Waals surface area contributed by atoms with Crippen LogP contribution < -0.4 is 4.72 Å². The zero-order valence-corrected chi connectivity index (χ0v) is 16.3. The van der Waals surface area contributed by atoms with E-state index in [1.165, 1.54) is 35.6 Å². The molecule has 0 spiro atoms. The molecule has 142 valence electrons. The van der Waals surface area contributed by atoms with Gasteiger partial charge < -0.3 is 9.15 Å². The Morgan fingerprint density at radius 1 is 1.30 bits per heavy atom. The monoisotopic (exact) mass is 406 g/mol. The van der Waals surface area contributed by atoms with E-state index < -0.39 is 16.0 Å². The molecule has 0 radical (unpaired) electrons. The van der Waals surface area contributed by atoms with E-state index in [0.717, 1.165) is 0 Å². The van der Waals surface area contributed by atoms with Gasteiger partial charge in [0.2, 0.25) is 10.0 Å². The first kappa shape index (κ1) is 19.3. The zero-order chi connectivity index (χ0) is 19.4. The highest BCUT2D eigenvalue weighted by Crippen LogP contribution is 2.24. The van der Waals surface area contributed by atoms with E-state index in [0.29, 0.717) is 16.5 Å². The van der Waals surface area contributed by atoms with E-state index in [1.807, 2.05) is 0 Å². The molecule has 0 aliphatic carbocycles. The Labute approximate surface area is 161 Å². The van der Waals surface area contributed by atoms with Gasteiger partial charge in [-0.1, -0.05) is 6.07 Å². The molecule has 7 nitrogen and oxygen atoms in total. The number of esters is 1. The molecule has 27 heavy (non-hydrogen) atoms. The lowest BCUT2D eigenvalue weighted by atomic mass is 10.2. The third-order valence-electron chi connectivity index (χ3n) is 3.41. The van der Waals surface area contributed by atoms with Gasteiger partial charge in [-0.25, -0.2) is 22.9 Å². The van der Waals surface area contributed by atoms with E-state index in [-0.39, 0.29) is 23.1 Å². The number of sulfonamides is 1. The van der Waals surface area contributed by atoms with Gasteiger partial charge in [-0.05, 0) is 44.2 Å². The number of aromatic nitrogens is 1. The van der Waals surface area contributed by atoms with Crippen molar-refractivity contribution < 1.29 is 22.4 Å². The number of nitrogens with one attached hydrogen (secondary N) is 1.